The van der Waals surface area contributed by atoms with Crippen LogP contribution in [0.5, 0.6) is 11.5 Å². The van der Waals surface area contributed by atoms with E-state index in [2.05, 4.69) is 11.6 Å². The summed E-state index contributed by atoms with van der Waals surface area (Å²) in [4.78, 5) is 0. The van der Waals surface area contributed by atoms with Crippen LogP contribution in [0.3, 0.4) is 0 Å². The highest BCUT2D eigenvalue weighted by atomic mass is 35.5. The Morgan fingerprint density at radius 1 is 0.885 bits per heavy atom. The number of ether oxygens (including phenoxy) is 2. The van der Waals surface area contributed by atoms with Crippen LogP contribution in [0.4, 0.5) is 0 Å². The van der Waals surface area contributed by atoms with Gasteiger partial charge in [-0.05, 0) is 41.5 Å². The van der Waals surface area contributed by atoms with Crippen molar-refractivity contribution in [3.63, 3.8) is 0 Å². The second kappa shape index (κ2) is 7.91. The maximum Gasteiger partial charge on any atom is 0.207 e. The second-order valence-electron chi connectivity index (χ2n) is 6.04. The molecular formula is C20H19Cl3NO2+. The highest BCUT2D eigenvalue weighted by molar-refractivity contribution is 6.43. The molecule has 0 unspecified atom stereocenters. The predicted molar refractivity (Wildman–Crippen MR) is 109 cm³/mol. The molecule has 26 heavy (non-hydrogen) atoms. The van der Waals surface area contributed by atoms with Gasteiger partial charge < -0.3 is 9.47 Å². The van der Waals surface area contributed by atoms with Crippen LogP contribution in [0.15, 0.2) is 30.3 Å². The number of likely N-dealkylation sites (N-methyl/N-ethyl adjacent to an activating group) is 1. The van der Waals surface area contributed by atoms with Gasteiger partial charge in [-0.15, -0.1) is 0 Å². The standard InChI is InChI=1S/C20H19Cl3NO2/c1-24-7-6-12-9-19(25-2)20(26-3)10-14(12)18(24)5-4-13-8-16(22)17(23)11-15(13)21/h4-5,8-11H,6-7H2,1-3H3/q+1. The van der Waals surface area contributed by atoms with E-state index in [0.717, 1.165) is 35.6 Å². The van der Waals surface area contributed by atoms with E-state index >= 15 is 0 Å². The molecule has 3 nitrogen and oxygen atoms in total. The van der Waals surface area contributed by atoms with Crippen molar-refractivity contribution in [2.24, 2.45) is 0 Å². The highest BCUT2D eigenvalue weighted by Crippen LogP contribution is 2.33. The third-order valence-electron chi connectivity index (χ3n) is 4.47. The summed E-state index contributed by atoms with van der Waals surface area (Å²) in [6, 6.07) is 7.48. The lowest BCUT2D eigenvalue weighted by Crippen LogP contribution is -2.26. The Hall–Kier alpha value is -1.68. The van der Waals surface area contributed by atoms with E-state index in [1.807, 2.05) is 24.3 Å². The monoisotopic (exact) mass is 410 g/mol. The van der Waals surface area contributed by atoms with Gasteiger partial charge in [0, 0.05) is 17.5 Å². The summed E-state index contributed by atoms with van der Waals surface area (Å²) in [6.07, 6.45) is 4.93. The van der Waals surface area contributed by atoms with Gasteiger partial charge in [-0.3, -0.25) is 0 Å². The Kier molecular flexibility index (Phi) is 5.81. The summed E-state index contributed by atoms with van der Waals surface area (Å²) in [7, 11) is 5.35. The first-order chi connectivity index (χ1) is 12.4. The maximum absolute atomic E-state index is 6.29. The van der Waals surface area contributed by atoms with Crippen LogP contribution < -0.4 is 9.47 Å². The zero-order chi connectivity index (χ0) is 18.8. The largest absolute Gasteiger partial charge is 0.493 e. The van der Waals surface area contributed by atoms with Gasteiger partial charge in [0.15, 0.2) is 11.5 Å². The van der Waals surface area contributed by atoms with Crippen molar-refractivity contribution >= 4 is 46.6 Å². The molecule has 0 amide bonds. The van der Waals surface area contributed by atoms with Gasteiger partial charge in [0.25, 0.3) is 0 Å². The van der Waals surface area contributed by atoms with Crippen LogP contribution in [-0.4, -0.2) is 38.1 Å². The number of benzene rings is 2. The first kappa shape index (κ1) is 19.1. The average molecular weight is 412 g/mol. The number of nitrogens with zero attached hydrogens (tertiary/aromatic N) is 1. The van der Waals surface area contributed by atoms with Crippen LogP contribution in [0.2, 0.25) is 15.1 Å². The molecule has 1 aliphatic heterocycles. The number of rotatable bonds is 4. The predicted octanol–water partition coefficient (Wildman–Crippen LogP) is 5.36. The minimum absolute atomic E-state index is 0.443. The SMILES string of the molecule is COc1cc2c(cc1OC)C(C=Cc1cc(Cl)c(Cl)cc1Cl)=[N+](C)CC2. The molecule has 2 aromatic carbocycles. The lowest BCUT2D eigenvalue weighted by Gasteiger charge is -2.18. The van der Waals surface area contributed by atoms with Crippen LogP contribution in [0.1, 0.15) is 16.7 Å². The summed E-state index contributed by atoms with van der Waals surface area (Å²) in [6.45, 7) is 0.914. The summed E-state index contributed by atoms with van der Waals surface area (Å²) in [5.74, 6) is 1.45. The Morgan fingerprint density at radius 2 is 1.54 bits per heavy atom. The smallest absolute Gasteiger partial charge is 0.207 e. The minimum Gasteiger partial charge on any atom is -0.493 e. The number of hydrogen-bond acceptors (Lipinski definition) is 2. The second-order valence-corrected chi connectivity index (χ2v) is 7.26. The third-order valence-corrected chi connectivity index (χ3v) is 5.52. The normalized spacial score (nSPS) is 13.9. The molecule has 6 heteroatoms. The van der Waals surface area contributed by atoms with Crippen LogP contribution in [0, 0.1) is 0 Å². The van der Waals surface area contributed by atoms with Gasteiger partial charge in [0.1, 0.15) is 13.6 Å². The Labute approximate surface area is 168 Å². The van der Waals surface area contributed by atoms with Crippen molar-refractivity contribution < 1.29 is 14.0 Å². The molecule has 0 aliphatic carbocycles. The lowest BCUT2D eigenvalue weighted by molar-refractivity contribution is -0.497. The van der Waals surface area contributed by atoms with E-state index in [-0.39, 0.29) is 0 Å². The van der Waals surface area contributed by atoms with Gasteiger partial charge in [-0.2, -0.15) is 0 Å². The van der Waals surface area contributed by atoms with Crippen molar-refractivity contribution in [3.8, 4) is 11.5 Å². The number of methoxy groups -OCH3 is 2. The fourth-order valence-corrected chi connectivity index (χ4v) is 3.65. The van der Waals surface area contributed by atoms with Crippen LogP contribution >= 0.6 is 34.8 Å². The summed E-state index contributed by atoms with van der Waals surface area (Å²) >= 11 is 18.4. The topological polar surface area (TPSA) is 21.5 Å². The van der Waals surface area contributed by atoms with Crippen molar-refractivity contribution in [2.75, 3.05) is 27.8 Å². The molecule has 0 saturated carbocycles. The maximum atomic E-state index is 6.29. The molecular weight excluding hydrogens is 393 g/mol. The van der Waals surface area contributed by atoms with E-state index in [9.17, 15) is 0 Å². The molecule has 0 aromatic heterocycles. The number of fused-ring (bicyclic) bond motifs is 1. The summed E-state index contributed by atoms with van der Waals surface area (Å²) < 4.78 is 13.1. The lowest BCUT2D eigenvalue weighted by atomic mass is 9.95. The molecule has 1 heterocycles. The van der Waals surface area contributed by atoms with E-state index in [1.54, 1.807) is 26.4 Å². The zero-order valence-corrected chi connectivity index (χ0v) is 17.0. The fraction of sp³-hybridized carbons (Fsp3) is 0.250. The molecule has 0 spiro atoms. The Balaban J connectivity index is 2.05. The van der Waals surface area contributed by atoms with Crippen molar-refractivity contribution in [3.05, 3.63) is 62.1 Å². The number of hydrogen-bond donors (Lipinski definition) is 0. The van der Waals surface area contributed by atoms with Gasteiger partial charge in [-0.25, -0.2) is 4.58 Å². The molecule has 0 bridgehead atoms. The van der Waals surface area contributed by atoms with Gasteiger partial charge in [0.05, 0.1) is 29.8 Å². The van der Waals surface area contributed by atoms with Crippen LogP contribution in [-0.2, 0) is 6.42 Å². The van der Waals surface area contributed by atoms with E-state index in [4.69, 9.17) is 44.3 Å². The van der Waals surface area contributed by atoms with Gasteiger partial charge in [-0.1, -0.05) is 34.8 Å². The van der Waals surface area contributed by atoms with Crippen LogP contribution in [0.25, 0.3) is 6.08 Å². The third kappa shape index (κ3) is 3.71. The molecule has 3 rings (SSSR count). The molecule has 0 N–H and O–H groups in total. The molecule has 0 atom stereocenters. The Bertz CT molecular complexity index is 920. The number of allylic oxidation sites excluding steroid dienone is 1. The van der Waals surface area contributed by atoms with Gasteiger partial charge in [0.2, 0.25) is 5.71 Å². The van der Waals surface area contributed by atoms with Gasteiger partial charge >= 0.3 is 0 Å². The first-order valence-electron chi connectivity index (χ1n) is 8.10. The van der Waals surface area contributed by atoms with E-state index in [1.165, 1.54) is 5.56 Å². The Morgan fingerprint density at radius 3 is 2.23 bits per heavy atom. The molecule has 136 valence electrons. The first-order valence-corrected chi connectivity index (χ1v) is 9.24. The molecule has 0 saturated heterocycles. The highest BCUT2D eigenvalue weighted by Gasteiger charge is 2.24. The van der Waals surface area contributed by atoms with E-state index in [0.29, 0.717) is 20.8 Å². The molecule has 1 aliphatic rings. The molecule has 0 fully saturated rings. The summed E-state index contributed by atoms with van der Waals surface area (Å²) in [5.41, 5.74) is 4.23. The number of halogens is 3. The fourth-order valence-electron chi connectivity index (χ4n) is 3.03. The average Bonchev–Trinajstić information content (AvgIpc) is 2.63. The molecule has 0 radical (unpaired) electrons. The zero-order valence-electron chi connectivity index (χ0n) is 14.8. The quantitative estimate of drug-likeness (QED) is 0.498. The minimum atomic E-state index is 0.443. The van der Waals surface area contributed by atoms with Crippen molar-refractivity contribution in [1.82, 2.24) is 0 Å². The van der Waals surface area contributed by atoms with Crippen molar-refractivity contribution in [2.45, 2.75) is 6.42 Å². The van der Waals surface area contributed by atoms with E-state index < -0.39 is 0 Å². The summed E-state index contributed by atoms with van der Waals surface area (Å²) in [5, 5.41) is 1.48. The molecule has 2 aromatic rings. The van der Waals surface area contributed by atoms with Crippen molar-refractivity contribution in [1.29, 1.82) is 0 Å².